The summed E-state index contributed by atoms with van der Waals surface area (Å²) in [5, 5.41) is 0. The summed E-state index contributed by atoms with van der Waals surface area (Å²) in [6.07, 6.45) is 1.17. The number of aryl methyl sites for hydroxylation is 1. The number of rotatable bonds is 5. The van der Waals surface area contributed by atoms with Crippen molar-refractivity contribution in [3.8, 4) is 11.5 Å². The first-order chi connectivity index (χ1) is 12.4. The minimum Gasteiger partial charge on any atom is -0.497 e. The fourth-order valence-electron chi connectivity index (χ4n) is 3.08. The van der Waals surface area contributed by atoms with Crippen molar-refractivity contribution < 1.29 is 22.3 Å². The lowest BCUT2D eigenvalue weighted by Gasteiger charge is -2.31. The van der Waals surface area contributed by atoms with Crippen LogP contribution in [-0.4, -0.2) is 39.0 Å². The number of hydrogen-bond donors (Lipinski definition) is 0. The summed E-state index contributed by atoms with van der Waals surface area (Å²) in [5.74, 6) is 1.06. The highest BCUT2D eigenvalue weighted by Gasteiger charge is 2.31. The van der Waals surface area contributed by atoms with Crippen LogP contribution in [0, 0.1) is 12.7 Å². The first-order valence-electron chi connectivity index (χ1n) is 8.47. The molecule has 26 heavy (non-hydrogen) atoms. The summed E-state index contributed by atoms with van der Waals surface area (Å²) in [6, 6.07) is 11.1. The van der Waals surface area contributed by atoms with Crippen LogP contribution < -0.4 is 9.47 Å². The third-order valence-corrected chi connectivity index (χ3v) is 6.58. The van der Waals surface area contributed by atoms with Gasteiger partial charge in [-0.05, 0) is 67.8 Å². The molecule has 0 unspecified atom stereocenters. The highest BCUT2D eigenvalue weighted by atomic mass is 32.2. The normalized spacial score (nSPS) is 16.4. The van der Waals surface area contributed by atoms with E-state index in [1.54, 1.807) is 14.0 Å². The molecular weight excluding hydrogens is 357 g/mol. The summed E-state index contributed by atoms with van der Waals surface area (Å²) in [6.45, 7) is 2.36. The fraction of sp³-hybridized carbons (Fsp3) is 0.368. The van der Waals surface area contributed by atoms with Crippen LogP contribution in [0.5, 0.6) is 11.5 Å². The molecular formula is C19H22FNO4S. The molecule has 2 aromatic carbocycles. The maximum atomic E-state index is 13.3. The second-order valence-corrected chi connectivity index (χ2v) is 8.21. The summed E-state index contributed by atoms with van der Waals surface area (Å²) < 4.78 is 51.4. The molecule has 0 amide bonds. The Morgan fingerprint density at radius 3 is 2.23 bits per heavy atom. The highest BCUT2D eigenvalue weighted by Crippen LogP contribution is 2.26. The van der Waals surface area contributed by atoms with E-state index in [-0.39, 0.29) is 11.0 Å². The van der Waals surface area contributed by atoms with Crippen molar-refractivity contribution in [1.29, 1.82) is 0 Å². The van der Waals surface area contributed by atoms with Gasteiger partial charge in [-0.3, -0.25) is 0 Å². The van der Waals surface area contributed by atoms with E-state index < -0.39 is 15.8 Å². The molecule has 1 fully saturated rings. The van der Waals surface area contributed by atoms with Crippen molar-refractivity contribution in [1.82, 2.24) is 4.31 Å². The van der Waals surface area contributed by atoms with E-state index in [4.69, 9.17) is 9.47 Å². The quantitative estimate of drug-likeness (QED) is 0.799. The number of halogens is 1. The molecule has 0 radical (unpaired) electrons. The van der Waals surface area contributed by atoms with Crippen LogP contribution in [0.1, 0.15) is 18.4 Å². The second-order valence-electron chi connectivity index (χ2n) is 6.31. The van der Waals surface area contributed by atoms with Crippen molar-refractivity contribution >= 4 is 10.0 Å². The van der Waals surface area contributed by atoms with Gasteiger partial charge in [0.25, 0.3) is 0 Å². The summed E-state index contributed by atoms with van der Waals surface area (Å²) in [4.78, 5) is 0.161. The van der Waals surface area contributed by atoms with Gasteiger partial charge in [-0.1, -0.05) is 0 Å². The van der Waals surface area contributed by atoms with E-state index in [1.807, 2.05) is 24.3 Å². The molecule has 0 aromatic heterocycles. The molecule has 5 nitrogen and oxygen atoms in total. The number of nitrogens with zero attached hydrogens (tertiary/aromatic N) is 1. The number of piperidine rings is 1. The minimum absolute atomic E-state index is 0.0378. The molecule has 1 aliphatic heterocycles. The SMILES string of the molecule is COc1ccc(OC2CCN(S(=O)(=O)c3ccc(F)cc3C)CC2)cc1. The Bertz CT molecular complexity index is 860. The summed E-state index contributed by atoms with van der Waals surface area (Å²) in [5.41, 5.74) is 0.418. The van der Waals surface area contributed by atoms with Crippen LogP contribution in [0.15, 0.2) is 47.4 Å². The molecule has 3 rings (SSSR count). The van der Waals surface area contributed by atoms with Gasteiger partial charge in [-0.25, -0.2) is 12.8 Å². The minimum atomic E-state index is -3.62. The van der Waals surface area contributed by atoms with E-state index >= 15 is 0 Å². The van der Waals surface area contributed by atoms with Gasteiger partial charge < -0.3 is 9.47 Å². The lowest BCUT2D eigenvalue weighted by Crippen LogP contribution is -2.41. The largest absolute Gasteiger partial charge is 0.497 e. The number of hydrogen-bond acceptors (Lipinski definition) is 4. The Morgan fingerprint density at radius 1 is 1.04 bits per heavy atom. The molecule has 0 N–H and O–H groups in total. The van der Waals surface area contributed by atoms with Gasteiger partial charge in [0.2, 0.25) is 10.0 Å². The van der Waals surface area contributed by atoms with Crippen LogP contribution >= 0.6 is 0 Å². The van der Waals surface area contributed by atoms with Gasteiger partial charge in [-0.15, -0.1) is 0 Å². The van der Waals surface area contributed by atoms with Gasteiger partial charge in [0.05, 0.1) is 12.0 Å². The highest BCUT2D eigenvalue weighted by molar-refractivity contribution is 7.89. The van der Waals surface area contributed by atoms with Crippen LogP contribution in [0.3, 0.4) is 0 Å². The van der Waals surface area contributed by atoms with Crippen molar-refractivity contribution in [2.45, 2.75) is 30.8 Å². The average molecular weight is 379 g/mol. The molecule has 0 bridgehead atoms. The zero-order valence-electron chi connectivity index (χ0n) is 14.8. The van der Waals surface area contributed by atoms with Gasteiger partial charge in [0.15, 0.2) is 0 Å². The Hall–Kier alpha value is -2.12. The van der Waals surface area contributed by atoms with E-state index in [9.17, 15) is 12.8 Å². The molecule has 7 heteroatoms. The van der Waals surface area contributed by atoms with Gasteiger partial charge in [0.1, 0.15) is 23.4 Å². The van der Waals surface area contributed by atoms with Crippen molar-refractivity contribution in [3.63, 3.8) is 0 Å². The molecule has 1 aliphatic rings. The standard InChI is InChI=1S/C19H22FNO4S/c1-14-13-15(20)3-8-19(14)26(22,23)21-11-9-18(10-12-21)25-17-6-4-16(24-2)5-7-17/h3-8,13,18H,9-12H2,1-2H3. The molecule has 1 heterocycles. The maximum Gasteiger partial charge on any atom is 0.243 e. The maximum absolute atomic E-state index is 13.3. The van der Waals surface area contributed by atoms with Crippen LogP contribution in [0.25, 0.3) is 0 Å². The Balaban J connectivity index is 1.63. The molecule has 2 aromatic rings. The molecule has 0 atom stereocenters. The number of sulfonamides is 1. The van der Waals surface area contributed by atoms with Crippen LogP contribution in [0.2, 0.25) is 0 Å². The van der Waals surface area contributed by atoms with Gasteiger partial charge in [0, 0.05) is 13.1 Å². The Kier molecular flexibility index (Phi) is 5.48. The van der Waals surface area contributed by atoms with Gasteiger partial charge in [-0.2, -0.15) is 4.31 Å². The summed E-state index contributed by atoms with van der Waals surface area (Å²) in [7, 11) is -2.01. The Morgan fingerprint density at radius 2 is 1.65 bits per heavy atom. The van der Waals surface area contributed by atoms with Crippen LogP contribution in [0.4, 0.5) is 4.39 Å². The van der Waals surface area contributed by atoms with E-state index in [0.29, 0.717) is 31.5 Å². The zero-order chi connectivity index (χ0) is 18.7. The van der Waals surface area contributed by atoms with Crippen molar-refractivity contribution in [2.75, 3.05) is 20.2 Å². The second kappa shape index (κ2) is 7.63. The van der Waals surface area contributed by atoms with Crippen molar-refractivity contribution in [3.05, 3.63) is 53.8 Å². The van der Waals surface area contributed by atoms with Crippen molar-refractivity contribution in [2.24, 2.45) is 0 Å². The lowest BCUT2D eigenvalue weighted by molar-refractivity contribution is 0.135. The first-order valence-corrected chi connectivity index (χ1v) is 9.91. The molecule has 0 aliphatic carbocycles. The number of methoxy groups -OCH3 is 1. The van der Waals surface area contributed by atoms with Gasteiger partial charge >= 0.3 is 0 Å². The zero-order valence-corrected chi connectivity index (χ0v) is 15.6. The van der Waals surface area contributed by atoms with E-state index in [1.165, 1.54) is 22.5 Å². The predicted molar refractivity (Wildman–Crippen MR) is 96.5 cm³/mol. The number of ether oxygens (including phenoxy) is 2. The topological polar surface area (TPSA) is 55.8 Å². The van der Waals surface area contributed by atoms with E-state index in [0.717, 1.165) is 11.5 Å². The molecule has 0 saturated carbocycles. The van der Waals surface area contributed by atoms with Crippen LogP contribution in [-0.2, 0) is 10.0 Å². The molecule has 140 valence electrons. The molecule has 1 saturated heterocycles. The third-order valence-electron chi connectivity index (χ3n) is 4.52. The lowest BCUT2D eigenvalue weighted by atomic mass is 10.1. The number of benzene rings is 2. The van der Waals surface area contributed by atoms with E-state index in [2.05, 4.69) is 0 Å². The fourth-order valence-corrected chi connectivity index (χ4v) is 4.75. The molecule has 0 spiro atoms. The summed E-state index contributed by atoms with van der Waals surface area (Å²) >= 11 is 0. The Labute approximate surface area is 153 Å². The third kappa shape index (κ3) is 3.99. The average Bonchev–Trinajstić information content (AvgIpc) is 2.62. The monoisotopic (exact) mass is 379 g/mol. The smallest absolute Gasteiger partial charge is 0.243 e. The first kappa shape index (κ1) is 18.7. The predicted octanol–water partition coefficient (Wildman–Crippen LogP) is 3.37.